The van der Waals surface area contributed by atoms with E-state index in [9.17, 15) is 9.18 Å². The highest BCUT2D eigenvalue weighted by atomic mass is 19.1. The van der Waals surface area contributed by atoms with Crippen molar-refractivity contribution < 1.29 is 13.9 Å². The molecular formula is C26H34FN9O2. The zero-order chi connectivity index (χ0) is 28.0. The monoisotopic (exact) mass is 523 g/mol. The molecule has 1 amide bonds. The zero-order valence-electron chi connectivity index (χ0n) is 22.3. The fourth-order valence-electron chi connectivity index (χ4n) is 3.66. The lowest BCUT2D eigenvalue weighted by Gasteiger charge is -2.21. The molecule has 0 radical (unpaired) electrons. The van der Waals surface area contributed by atoms with Gasteiger partial charge in [-0.15, -0.1) is 0 Å². The van der Waals surface area contributed by atoms with Crippen molar-refractivity contribution in [1.82, 2.24) is 19.7 Å². The molecule has 0 saturated carbocycles. The first-order chi connectivity index (χ1) is 17.9. The highest BCUT2D eigenvalue weighted by Crippen LogP contribution is 2.25. The third-order valence-corrected chi connectivity index (χ3v) is 5.80. The molecule has 2 heterocycles. The maximum Gasteiger partial charge on any atom is 0.270 e. The summed E-state index contributed by atoms with van der Waals surface area (Å²) in [4.78, 5) is 19.5. The predicted octanol–water partition coefficient (Wildman–Crippen LogP) is 3.23. The smallest absolute Gasteiger partial charge is 0.270 e. The minimum atomic E-state index is -0.982. The summed E-state index contributed by atoms with van der Waals surface area (Å²) < 4.78 is 20.1. The third-order valence-electron chi connectivity index (χ3n) is 5.80. The van der Waals surface area contributed by atoms with Gasteiger partial charge in [0.1, 0.15) is 5.75 Å². The number of nitrogens with two attached hydrogens (primary N) is 1. The number of ether oxygens (including phenoxy) is 1. The second-order valence-corrected chi connectivity index (χ2v) is 9.09. The van der Waals surface area contributed by atoms with Crippen LogP contribution in [0.2, 0.25) is 0 Å². The van der Waals surface area contributed by atoms with E-state index in [1.54, 1.807) is 36.0 Å². The van der Waals surface area contributed by atoms with E-state index in [1.165, 1.54) is 17.3 Å². The van der Waals surface area contributed by atoms with E-state index in [0.29, 0.717) is 40.6 Å². The molecule has 0 fully saturated rings. The molecule has 3 aromatic rings. The predicted molar refractivity (Wildman–Crippen MR) is 148 cm³/mol. The lowest BCUT2D eigenvalue weighted by Crippen LogP contribution is -2.37. The molecule has 1 aromatic carbocycles. The van der Waals surface area contributed by atoms with Gasteiger partial charge in [-0.25, -0.2) is 5.84 Å². The van der Waals surface area contributed by atoms with Gasteiger partial charge in [-0.1, -0.05) is 0 Å². The average Bonchev–Trinajstić information content (AvgIpc) is 3.17. The Morgan fingerprint density at radius 1 is 1.21 bits per heavy atom. The molecule has 2 aromatic heterocycles. The lowest BCUT2D eigenvalue weighted by molar-refractivity contribution is 0.102. The topological polar surface area (TPSA) is 137 Å². The van der Waals surface area contributed by atoms with Gasteiger partial charge >= 0.3 is 0 Å². The van der Waals surface area contributed by atoms with Crippen molar-refractivity contribution in [1.29, 1.82) is 5.41 Å². The van der Waals surface area contributed by atoms with E-state index in [4.69, 9.17) is 16.0 Å². The van der Waals surface area contributed by atoms with Crippen LogP contribution in [0.5, 0.6) is 5.75 Å². The first-order valence-electron chi connectivity index (χ1n) is 11.9. The van der Waals surface area contributed by atoms with Crippen molar-refractivity contribution in [2.24, 2.45) is 12.9 Å². The quantitative estimate of drug-likeness (QED) is 0.123. The number of aromatic nitrogens is 3. The number of nitrogens with one attached hydrogen (secondary N) is 3. The minimum absolute atomic E-state index is 0.112. The van der Waals surface area contributed by atoms with Gasteiger partial charge < -0.3 is 30.7 Å². The van der Waals surface area contributed by atoms with E-state index in [2.05, 4.69) is 27.3 Å². The Labute approximate surface area is 221 Å². The van der Waals surface area contributed by atoms with Gasteiger partial charge in [0.15, 0.2) is 0 Å². The van der Waals surface area contributed by atoms with Crippen molar-refractivity contribution in [2.75, 3.05) is 49.4 Å². The molecule has 0 unspecified atom stereocenters. The van der Waals surface area contributed by atoms with Crippen LogP contribution >= 0.6 is 0 Å². The van der Waals surface area contributed by atoms with Crippen molar-refractivity contribution in [3.05, 3.63) is 71.8 Å². The number of carbonyl (C=O) groups excluding carboxylic acids is 1. The fourth-order valence-corrected chi connectivity index (χ4v) is 3.66. The number of likely N-dealkylation sites (N-methyl/N-ethyl adjacent to an activating group) is 1. The molecule has 5 N–H and O–H groups in total. The minimum Gasteiger partial charge on any atom is -0.432 e. The standard InChI is InChI=1S/C26H34FN9O2/c1-16-25(36(29)15-24(28)23-14-32-35(6)17(23)2)12-21(13-31-16)33-26(37)19-9-20(30-7-8-34(4)5)11-22(10-19)38-18(3)27/h9-14,28,30H,3,7-8,15,29H2,1-2,4-6H3,(H,33,37). The molecule has 0 bridgehead atoms. The first kappa shape index (κ1) is 28.3. The third kappa shape index (κ3) is 7.37. The molecule has 38 heavy (non-hydrogen) atoms. The Bertz CT molecular complexity index is 1340. The van der Waals surface area contributed by atoms with Gasteiger partial charge in [-0.2, -0.15) is 9.49 Å². The molecule has 0 aliphatic rings. The summed E-state index contributed by atoms with van der Waals surface area (Å²) in [6.45, 7) is 8.28. The highest BCUT2D eigenvalue weighted by Gasteiger charge is 2.16. The maximum absolute atomic E-state index is 13.3. The largest absolute Gasteiger partial charge is 0.432 e. The van der Waals surface area contributed by atoms with Crippen LogP contribution in [-0.4, -0.2) is 65.0 Å². The number of nitrogens with zero attached hydrogens (tertiary/aromatic N) is 5. The number of anilines is 3. The summed E-state index contributed by atoms with van der Waals surface area (Å²) in [6, 6.07) is 5.36. The summed E-state index contributed by atoms with van der Waals surface area (Å²) in [7, 11) is 5.70. The number of amides is 1. The van der Waals surface area contributed by atoms with Gasteiger partial charge in [-0.05, 0) is 52.7 Å². The Kier molecular flexibility index (Phi) is 9.16. The summed E-state index contributed by atoms with van der Waals surface area (Å²) >= 11 is 0. The number of aryl methyl sites for hydroxylation is 2. The van der Waals surface area contributed by atoms with E-state index >= 15 is 0 Å². The highest BCUT2D eigenvalue weighted by molar-refractivity contribution is 6.05. The molecule has 0 spiro atoms. The van der Waals surface area contributed by atoms with E-state index < -0.39 is 11.9 Å². The number of hydrazine groups is 1. The number of hydrogen-bond acceptors (Lipinski definition) is 9. The molecule has 12 heteroatoms. The Morgan fingerprint density at radius 2 is 1.95 bits per heavy atom. The number of rotatable bonds is 12. The van der Waals surface area contributed by atoms with Crippen molar-refractivity contribution in [2.45, 2.75) is 13.8 Å². The molecule has 0 saturated heterocycles. The van der Waals surface area contributed by atoms with E-state index in [1.807, 2.05) is 33.0 Å². The van der Waals surface area contributed by atoms with Gasteiger partial charge in [-0.3, -0.25) is 14.5 Å². The first-order valence-corrected chi connectivity index (χ1v) is 11.9. The Hall–Kier alpha value is -4.29. The molecule has 3 rings (SSSR count). The second kappa shape index (κ2) is 12.3. The SMILES string of the molecule is C=C(F)Oc1cc(NCCN(C)C)cc(C(=O)Nc2cnc(C)c(N(N)CC(=N)c3cnn(C)c3C)c2)c1. The number of halogens is 1. The molecule has 0 atom stereocenters. The van der Waals surface area contributed by atoms with Crippen LogP contribution in [0.15, 0.2) is 49.3 Å². The summed E-state index contributed by atoms with van der Waals surface area (Å²) in [5, 5.41) is 20.0. The van der Waals surface area contributed by atoms with Gasteiger partial charge in [0.05, 0.1) is 41.7 Å². The van der Waals surface area contributed by atoms with Crippen molar-refractivity contribution in [3.8, 4) is 5.75 Å². The van der Waals surface area contributed by atoms with Crippen LogP contribution in [0.1, 0.15) is 27.3 Å². The van der Waals surface area contributed by atoms with E-state index in [-0.39, 0.29) is 17.9 Å². The van der Waals surface area contributed by atoms with Gasteiger partial charge in [0, 0.05) is 48.7 Å². The molecule has 0 aliphatic heterocycles. The lowest BCUT2D eigenvalue weighted by atomic mass is 10.1. The Balaban J connectivity index is 1.78. The van der Waals surface area contributed by atoms with Crippen LogP contribution < -0.4 is 26.2 Å². The van der Waals surface area contributed by atoms with Gasteiger partial charge in [0.2, 0.25) is 0 Å². The molecule has 0 aliphatic carbocycles. The van der Waals surface area contributed by atoms with Crippen LogP contribution in [0.3, 0.4) is 0 Å². The van der Waals surface area contributed by atoms with Crippen LogP contribution in [0.4, 0.5) is 21.5 Å². The fraction of sp³-hybridized carbons (Fsp3) is 0.308. The summed E-state index contributed by atoms with van der Waals surface area (Å²) in [6.07, 6.45) is 3.15. The van der Waals surface area contributed by atoms with Crippen LogP contribution in [0, 0.1) is 19.3 Å². The normalized spacial score (nSPS) is 10.8. The maximum atomic E-state index is 13.3. The van der Waals surface area contributed by atoms with Crippen molar-refractivity contribution in [3.63, 3.8) is 0 Å². The van der Waals surface area contributed by atoms with Crippen LogP contribution in [0.25, 0.3) is 0 Å². The molecular weight excluding hydrogens is 489 g/mol. The number of carbonyl (C=O) groups is 1. The molecule has 202 valence electrons. The second-order valence-electron chi connectivity index (χ2n) is 9.09. The summed E-state index contributed by atoms with van der Waals surface area (Å²) in [5.74, 6) is 5.98. The van der Waals surface area contributed by atoms with Gasteiger partial charge in [0.25, 0.3) is 11.9 Å². The average molecular weight is 524 g/mol. The van der Waals surface area contributed by atoms with Crippen LogP contribution in [-0.2, 0) is 7.05 Å². The zero-order valence-corrected chi connectivity index (χ0v) is 22.3. The number of pyridine rings is 1. The summed E-state index contributed by atoms with van der Waals surface area (Å²) in [5.41, 5.74) is 4.28. The Morgan fingerprint density at radius 3 is 2.58 bits per heavy atom. The van der Waals surface area contributed by atoms with E-state index in [0.717, 1.165) is 12.2 Å². The number of hydrogen-bond donors (Lipinski definition) is 4. The number of benzene rings is 1. The van der Waals surface area contributed by atoms with Crippen molar-refractivity contribution >= 4 is 28.7 Å². The molecule has 11 nitrogen and oxygen atoms in total.